The molecule has 0 fully saturated rings. The van der Waals surface area contributed by atoms with Gasteiger partial charge in [-0.15, -0.1) is 0 Å². The Morgan fingerprint density at radius 3 is 2.06 bits per heavy atom. The van der Waals surface area contributed by atoms with Crippen LogP contribution in [-0.4, -0.2) is 24.0 Å². The first-order valence-corrected chi connectivity index (χ1v) is 5.61. The highest BCUT2D eigenvalue weighted by Gasteiger charge is 2.30. The lowest BCUT2D eigenvalue weighted by Gasteiger charge is -2.19. The zero-order chi connectivity index (χ0) is 13.8. The molecule has 0 aliphatic heterocycles. The number of amides is 2. The van der Waals surface area contributed by atoms with Gasteiger partial charge >= 0.3 is 12.2 Å². The predicted molar refractivity (Wildman–Crippen MR) is 63.4 cm³/mol. The minimum Gasteiger partial charge on any atom is -0.325 e. The number of hydrogen-bond donors (Lipinski definition) is 1. The second-order valence-corrected chi connectivity index (χ2v) is 3.68. The van der Waals surface area contributed by atoms with Crippen LogP contribution < -0.4 is 5.32 Å². The normalized spacial score (nSPS) is 11.2. The highest BCUT2D eigenvalue weighted by Crippen LogP contribution is 2.29. The summed E-state index contributed by atoms with van der Waals surface area (Å²) in [5.41, 5.74) is -0.386. The highest BCUT2D eigenvalue weighted by molar-refractivity contribution is 5.89. The molecule has 100 valence electrons. The zero-order valence-corrected chi connectivity index (χ0v) is 10.2. The zero-order valence-electron chi connectivity index (χ0n) is 10.2. The summed E-state index contributed by atoms with van der Waals surface area (Å²) in [5.74, 6) is 0. The summed E-state index contributed by atoms with van der Waals surface area (Å²) >= 11 is 0. The Labute approximate surface area is 104 Å². The maximum absolute atomic E-state index is 12.3. The number of nitrogens with zero attached hydrogens (tertiary/aromatic N) is 1. The lowest BCUT2D eigenvalue weighted by atomic mass is 10.2. The van der Waals surface area contributed by atoms with Gasteiger partial charge in [0.1, 0.15) is 0 Å². The van der Waals surface area contributed by atoms with Crippen molar-refractivity contribution in [3.05, 3.63) is 29.8 Å². The lowest BCUT2D eigenvalue weighted by molar-refractivity contribution is -0.137. The minimum absolute atomic E-state index is 0.320. The fourth-order valence-electron chi connectivity index (χ4n) is 1.46. The van der Waals surface area contributed by atoms with Crippen LogP contribution in [0.15, 0.2) is 24.3 Å². The standard InChI is InChI=1S/C12H15F3N2O/c1-3-17(4-2)11(18)16-10-7-5-9(6-8-10)12(13,14)15/h5-8H,3-4H2,1-2H3,(H,16,18). The molecule has 0 heterocycles. The smallest absolute Gasteiger partial charge is 0.325 e. The molecule has 0 unspecified atom stereocenters. The maximum atomic E-state index is 12.3. The van der Waals surface area contributed by atoms with E-state index in [0.29, 0.717) is 18.8 Å². The number of urea groups is 1. The Morgan fingerprint density at radius 2 is 1.67 bits per heavy atom. The van der Waals surface area contributed by atoms with Crippen molar-refractivity contribution in [2.45, 2.75) is 20.0 Å². The average molecular weight is 260 g/mol. The van der Waals surface area contributed by atoms with Gasteiger partial charge in [-0.25, -0.2) is 4.79 Å². The Balaban J connectivity index is 2.72. The van der Waals surface area contributed by atoms with Crippen LogP contribution in [0.2, 0.25) is 0 Å². The van der Waals surface area contributed by atoms with Gasteiger partial charge in [0, 0.05) is 18.8 Å². The van der Waals surface area contributed by atoms with E-state index in [-0.39, 0.29) is 6.03 Å². The van der Waals surface area contributed by atoms with E-state index in [0.717, 1.165) is 12.1 Å². The van der Waals surface area contributed by atoms with Crippen molar-refractivity contribution in [3.8, 4) is 0 Å². The van der Waals surface area contributed by atoms with Crippen LogP contribution in [0.3, 0.4) is 0 Å². The number of hydrogen-bond acceptors (Lipinski definition) is 1. The summed E-state index contributed by atoms with van der Waals surface area (Å²) < 4.78 is 37.0. The third-order valence-electron chi connectivity index (χ3n) is 2.51. The molecule has 0 bridgehead atoms. The number of alkyl halides is 3. The van der Waals surface area contributed by atoms with Crippen molar-refractivity contribution in [2.24, 2.45) is 0 Å². The van der Waals surface area contributed by atoms with Crippen LogP contribution in [0, 0.1) is 0 Å². The first-order chi connectivity index (χ1) is 8.38. The molecule has 18 heavy (non-hydrogen) atoms. The van der Waals surface area contributed by atoms with Gasteiger partial charge in [0.05, 0.1) is 5.56 Å². The van der Waals surface area contributed by atoms with E-state index in [4.69, 9.17) is 0 Å². The fourth-order valence-corrected chi connectivity index (χ4v) is 1.46. The molecule has 0 spiro atoms. The summed E-state index contributed by atoms with van der Waals surface area (Å²) in [6.07, 6.45) is -4.36. The molecule has 0 saturated heterocycles. The van der Waals surface area contributed by atoms with Crippen molar-refractivity contribution in [2.75, 3.05) is 18.4 Å². The van der Waals surface area contributed by atoms with Crippen LogP contribution in [0.4, 0.5) is 23.7 Å². The Hall–Kier alpha value is -1.72. The number of carbonyl (C=O) groups excluding carboxylic acids is 1. The largest absolute Gasteiger partial charge is 0.416 e. The molecule has 3 nitrogen and oxygen atoms in total. The van der Waals surface area contributed by atoms with E-state index in [2.05, 4.69) is 5.32 Å². The molecule has 1 N–H and O–H groups in total. The van der Waals surface area contributed by atoms with E-state index in [1.54, 1.807) is 0 Å². The molecule has 2 amide bonds. The van der Waals surface area contributed by atoms with Gasteiger partial charge in [-0.1, -0.05) is 0 Å². The van der Waals surface area contributed by atoms with E-state index in [9.17, 15) is 18.0 Å². The fraction of sp³-hybridized carbons (Fsp3) is 0.417. The van der Waals surface area contributed by atoms with Gasteiger partial charge in [0.25, 0.3) is 0 Å². The van der Waals surface area contributed by atoms with Crippen molar-refractivity contribution < 1.29 is 18.0 Å². The lowest BCUT2D eigenvalue weighted by Crippen LogP contribution is -2.34. The molecule has 1 aromatic rings. The van der Waals surface area contributed by atoms with Crippen molar-refractivity contribution in [1.29, 1.82) is 0 Å². The van der Waals surface area contributed by atoms with Crippen molar-refractivity contribution >= 4 is 11.7 Å². The number of anilines is 1. The summed E-state index contributed by atoms with van der Waals surface area (Å²) in [5, 5.41) is 2.54. The molecule has 0 saturated carbocycles. The molecular weight excluding hydrogens is 245 g/mol. The number of rotatable bonds is 3. The molecule has 1 aromatic carbocycles. The number of benzene rings is 1. The second kappa shape index (κ2) is 5.75. The first kappa shape index (κ1) is 14.3. The van der Waals surface area contributed by atoms with Crippen LogP contribution in [0.1, 0.15) is 19.4 Å². The Kier molecular flexibility index (Phi) is 4.58. The van der Waals surface area contributed by atoms with Gasteiger partial charge in [0.15, 0.2) is 0 Å². The highest BCUT2D eigenvalue weighted by atomic mass is 19.4. The average Bonchev–Trinajstić information content (AvgIpc) is 2.30. The Bertz CT molecular complexity index is 397. The molecule has 0 radical (unpaired) electrons. The van der Waals surface area contributed by atoms with E-state index in [1.165, 1.54) is 17.0 Å². The third kappa shape index (κ3) is 3.65. The van der Waals surface area contributed by atoms with Gasteiger partial charge in [-0.2, -0.15) is 13.2 Å². The van der Waals surface area contributed by atoms with Gasteiger partial charge in [0.2, 0.25) is 0 Å². The minimum atomic E-state index is -4.36. The van der Waals surface area contributed by atoms with Crippen LogP contribution in [0.25, 0.3) is 0 Å². The van der Waals surface area contributed by atoms with Gasteiger partial charge < -0.3 is 10.2 Å². The monoisotopic (exact) mass is 260 g/mol. The van der Waals surface area contributed by atoms with Gasteiger partial charge in [-0.05, 0) is 38.1 Å². The van der Waals surface area contributed by atoms with E-state index < -0.39 is 11.7 Å². The number of carbonyl (C=O) groups is 1. The maximum Gasteiger partial charge on any atom is 0.416 e. The quantitative estimate of drug-likeness (QED) is 0.885. The van der Waals surface area contributed by atoms with E-state index >= 15 is 0 Å². The Morgan fingerprint density at radius 1 is 1.17 bits per heavy atom. The molecular formula is C12H15F3N2O. The number of nitrogens with one attached hydrogen (secondary N) is 1. The van der Waals surface area contributed by atoms with Gasteiger partial charge in [-0.3, -0.25) is 0 Å². The molecule has 0 aromatic heterocycles. The molecule has 0 aliphatic rings. The van der Waals surface area contributed by atoms with Crippen LogP contribution in [-0.2, 0) is 6.18 Å². The molecule has 0 aliphatic carbocycles. The van der Waals surface area contributed by atoms with Crippen LogP contribution in [0.5, 0.6) is 0 Å². The number of halogens is 3. The first-order valence-electron chi connectivity index (χ1n) is 5.61. The summed E-state index contributed by atoms with van der Waals surface area (Å²) in [4.78, 5) is 13.2. The van der Waals surface area contributed by atoms with E-state index in [1.807, 2.05) is 13.8 Å². The molecule has 0 atom stereocenters. The van der Waals surface area contributed by atoms with Crippen molar-refractivity contribution in [3.63, 3.8) is 0 Å². The van der Waals surface area contributed by atoms with Crippen molar-refractivity contribution in [1.82, 2.24) is 4.90 Å². The van der Waals surface area contributed by atoms with Crippen LogP contribution >= 0.6 is 0 Å². The summed E-state index contributed by atoms with van der Waals surface area (Å²) in [7, 11) is 0. The summed E-state index contributed by atoms with van der Waals surface area (Å²) in [6, 6.07) is 4.05. The SMILES string of the molecule is CCN(CC)C(=O)Nc1ccc(C(F)(F)F)cc1. The molecule has 1 rings (SSSR count). The molecule has 6 heteroatoms. The second-order valence-electron chi connectivity index (χ2n) is 3.68. The summed E-state index contributed by atoms with van der Waals surface area (Å²) in [6.45, 7) is 4.75. The topological polar surface area (TPSA) is 32.3 Å². The third-order valence-corrected chi connectivity index (χ3v) is 2.51. The predicted octanol–water partition coefficient (Wildman–Crippen LogP) is 3.58.